The fourth-order valence-corrected chi connectivity index (χ4v) is 3.12. The van der Waals surface area contributed by atoms with E-state index in [9.17, 15) is 0 Å². The van der Waals surface area contributed by atoms with Crippen LogP contribution in [0.2, 0.25) is 0 Å². The number of ether oxygens (including phenoxy) is 1. The summed E-state index contributed by atoms with van der Waals surface area (Å²) < 4.78 is 7.88. The zero-order valence-electron chi connectivity index (χ0n) is 11.2. The molecule has 1 unspecified atom stereocenters. The lowest BCUT2D eigenvalue weighted by atomic mass is 10.1. The molecule has 1 aromatic rings. The molecule has 100 valence electrons. The molecule has 4 heteroatoms. The van der Waals surface area contributed by atoms with E-state index in [1.165, 1.54) is 32.1 Å². The Balaban J connectivity index is 1.73. The molecular formula is C14H23N3O. The molecule has 2 heterocycles. The van der Waals surface area contributed by atoms with Crippen molar-refractivity contribution >= 4 is 5.95 Å². The van der Waals surface area contributed by atoms with Crippen molar-refractivity contribution in [3.8, 4) is 0 Å². The van der Waals surface area contributed by atoms with Crippen molar-refractivity contribution in [1.82, 2.24) is 9.55 Å². The van der Waals surface area contributed by atoms with Crippen molar-refractivity contribution in [3.05, 3.63) is 11.9 Å². The van der Waals surface area contributed by atoms with Gasteiger partial charge in [0.05, 0.1) is 18.3 Å². The van der Waals surface area contributed by atoms with E-state index in [0.29, 0.717) is 12.1 Å². The Labute approximate surface area is 109 Å². The normalized spacial score (nSPS) is 25.5. The molecule has 2 aliphatic rings. The fourth-order valence-electron chi connectivity index (χ4n) is 3.12. The molecule has 1 atom stereocenters. The van der Waals surface area contributed by atoms with Gasteiger partial charge in [-0.05, 0) is 32.6 Å². The van der Waals surface area contributed by atoms with Crippen LogP contribution in [0.3, 0.4) is 0 Å². The number of rotatable bonds is 3. The Kier molecular flexibility index (Phi) is 3.55. The maximum absolute atomic E-state index is 5.53. The van der Waals surface area contributed by atoms with Crippen LogP contribution in [0, 0.1) is 6.92 Å². The Hall–Kier alpha value is -1.03. The second kappa shape index (κ2) is 5.31. The van der Waals surface area contributed by atoms with E-state index in [1.54, 1.807) is 0 Å². The van der Waals surface area contributed by atoms with E-state index in [0.717, 1.165) is 31.3 Å². The van der Waals surface area contributed by atoms with Crippen molar-refractivity contribution in [2.45, 2.75) is 57.5 Å². The van der Waals surface area contributed by atoms with Crippen molar-refractivity contribution in [2.75, 3.05) is 18.5 Å². The quantitative estimate of drug-likeness (QED) is 0.895. The Bertz CT molecular complexity index is 390. The first kappa shape index (κ1) is 12.0. The van der Waals surface area contributed by atoms with Gasteiger partial charge in [0.15, 0.2) is 0 Å². The van der Waals surface area contributed by atoms with Crippen molar-refractivity contribution in [1.29, 1.82) is 0 Å². The predicted octanol–water partition coefficient (Wildman–Crippen LogP) is 2.90. The average molecular weight is 249 g/mol. The molecule has 1 aliphatic carbocycles. The minimum atomic E-state index is 0.431. The van der Waals surface area contributed by atoms with E-state index >= 15 is 0 Å². The third-order valence-electron chi connectivity index (χ3n) is 4.06. The number of nitrogens with zero attached hydrogens (tertiary/aromatic N) is 2. The Morgan fingerprint density at radius 2 is 2.11 bits per heavy atom. The molecule has 18 heavy (non-hydrogen) atoms. The molecule has 0 aromatic carbocycles. The number of anilines is 1. The van der Waals surface area contributed by atoms with Crippen LogP contribution in [-0.2, 0) is 4.74 Å². The van der Waals surface area contributed by atoms with Crippen molar-refractivity contribution < 1.29 is 4.74 Å². The van der Waals surface area contributed by atoms with Crippen LogP contribution in [0.15, 0.2) is 6.20 Å². The maximum atomic E-state index is 5.53. The largest absolute Gasteiger partial charge is 0.379 e. The van der Waals surface area contributed by atoms with Gasteiger partial charge in [-0.1, -0.05) is 12.8 Å². The Morgan fingerprint density at radius 3 is 2.83 bits per heavy atom. The van der Waals surface area contributed by atoms with Crippen LogP contribution >= 0.6 is 0 Å². The lowest BCUT2D eigenvalue weighted by molar-refractivity contribution is 0.0872. The van der Waals surface area contributed by atoms with Gasteiger partial charge in [0.25, 0.3) is 0 Å². The summed E-state index contributed by atoms with van der Waals surface area (Å²) >= 11 is 0. The topological polar surface area (TPSA) is 39.1 Å². The number of hydrogen-bond acceptors (Lipinski definition) is 3. The first-order valence-corrected chi connectivity index (χ1v) is 7.22. The third-order valence-corrected chi connectivity index (χ3v) is 4.06. The van der Waals surface area contributed by atoms with Gasteiger partial charge in [-0.2, -0.15) is 0 Å². The average Bonchev–Trinajstić information content (AvgIpc) is 3.00. The molecular weight excluding hydrogens is 226 g/mol. The van der Waals surface area contributed by atoms with Crippen LogP contribution in [-0.4, -0.2) is 28.8 Å². The number of nitrogens with one attached hydrogen (secondary N) is 1. The van der Waals surface area contributed by atoms with Gasteiger partial charge < -0.3 is 14.6 Å². The predicted molar refractivity (Wildman–Crippen MR) is 71.9 cm³/mol. The molecule has 1 aromatic heterocycles. The van der Waals surface area contributed by atoms with Crippen LogP contribution in [0.1, 0.15) is 50.3 Å². The second-order valence-corrected chi connectivity index (χ2v) is 5.61. The molecule has 4 nitrogen and oxygen atoms in total. The number of aryl methyl sites for hydroxylation is 1. The summed E-state index contributed by atoms with van der Waals surface area (Å²) in [6.45, 7) is 3.80. The molecule has 1 N–H and O–H groups in total. The first-order chi connectivity index (χ1) is 8.83. The van der Waals surface area contributed by atoms with Crippen LogP contribution < -0.4 is 5.32 Å². The van der Waals surface area contributed by atoms with Crippen LogP contribution in [0.4, 0.5) is 5.95 Å². The van der Waals surface area contributed by atoms with Gasteiger partial charge in [-0.15, -0.1) is 0 Å². The smallest absolute Gasteiger partial charge is 0.203 e. The minimum absolute atomic E-state index is 0.431. The highest BCUT2D eigenvalue weighted by Gasteiger charge is 2.22. The summed E-state index contributed by atoms with van der Waals surface area (Å²) in [7, 11) is 0. The van der Waals surface area contributed by atoms with Gasteiger partial charge in [0, 0.05) is 18.8 Å². The standard InChI is InChI=1S/C14H23N3O/c1-11-9-17(13-6-2-3-7-13)14(15-11)16-12-5-4-8-18-10-12/h9,12-13H,2-8,10H2,1H3,(H,15,16). The number of hydrogen-bond donors (Lipinski definition) is 1. The molecule has 0 spiro atoms. The zero-order valence-corrected chi connectivity index (χ0v) is 11.2. The van der Waals surface area contributed by atoms with Crippen molar-refractivity contribution in [2.24, 2.45) is 0 Å². The fraction of sp³-hybridized carbons (Fsp3) is 0.786. The summed E-state index contributed by atoms with van der Waals surface area (Å²) in [5, 5.41) is 3.57. The lowest BCUT2D eigenvalue weighted by Gasteiger charge is -2.25. The number of aromatic nitrogens is 2. The lowest BCUT2D eigenvalue weighted by Crippen LogP contribution is -2.31. The molecule has 0 amide bonds. The Morgan fingerprint density at radius 1 is 1.28 bits per heavy atom. The molecule has 1 aliphatic heterocycles. The summed E-state index contributed by atoms with van der Waals surface area (Å²) in [4.78, 5) is 4.65. The second-order valence-electron chi connectivity index (χ2n) is 5.61. The maximum Gasteiger partial charge on any atom is 0.203 e. The highest BCUT2D eigenvalue weighted by Crippen LogP contribution is 2.32. The summed E-state index contributed by atoms with van der Waals surface area (Å²) in [5.41, 5.74) is 1.11. The first-order valence-electron chi connectivity index (χ1n) is 7.22. The molecule has 3 rings (SSSR count). The summed E-state index contributed by atoms with van der Waals surface area (Å²) in [6, 6.07) is 1.08. The molecule has 1 saturated carbocycles. The van der Waals surface area contributed by atoms with E-state index in [-0.39, 0.29) is 0 Å². The zero-order chi connectivity index (χ0) is 12.4. The monoisotopic (exact) mass is 249 g/mol. The molecule has 2 fully saturated rings. The van der Waals surface area contributed by atoms with E-state index in [2.05, 4.69) is 28.0 Å². The van der Waals surface area contributed by atoms with Crippen molar-refractivity contribution in [3.63, 3.8) is 0 Å². The number of imidazole rings is 1. The van der Waals surface area contributed by atoms with Crippen LogP contribution in [0.25, 0.3) is 0 Å². The highest BCUT2D eigenvalue weighted by molar-refractivity contribution is 5.31. The van der Waals surface area contributed by atoms with Gasteiger partial charge in [-0.25, -0.2) is 4.98 Å². The van der Waals surface area contributed by atoms with Gasteiger partial charge in [-0.3, -0.25) is 0 Å². The summed E-state index contributed by atoms with van der Waals surface area (Å²) in [5.74, 6) is 1.05. The SMILES string of the molecule is Cc1cn(C2CCCC2)c(NC2CCCOC2)n1. The molecule has 1 saturated heterocycles. The van der Waals surface area contributed by atoms with E-state index in [1.807, 2.05) is 0 Å². The van der Waals surface area contributed by atoms with Gasteiger partial charge >= 0.3 is 0 Å². The summed E-state index contributed by atoms with van der Waals surface area (Å²) in [6.07, 6.45) is 9.85. The third kappa shape index (κ3) is 2.53. The van der Waals surface area contributed by atoms with E-state index in [4.69, 9.17) is 4.74 Å². The van der Waals surface area contributed by atoms with Gasteiger partial charge in [0.1, 0.15) is 0 Å². The van der Waals surface area contributed by atoms with Crippen LogP contribution in [0.5, 0.6) is 0 Å². The van der Waals surface area contributed by atoms with E-state index < -0.39 is 0 Å². The molecule has 0 bridgehead atoms. The molecule has 0 radical (unpaired) electrons. The highest BCUT2D eigenvalue weighted by atomic mass is 16.5. The van der Waals surface area contributed by atoms with Gasteiger partial charge in [0.2, 0.25) is 5.95 Å². The minimum Gasteiger partial charge on any atom is -0.379 e.